The Labute approximate surface area is 105 Å². The van der Waals surface area contributed by atoms with Crippen LogP contribution in [0, 0.1) is 11.8 Å². The molecule has 17 heavy (non-hydrogen) atoms. The van der Waals surface area contributed by atoms with Gasteiger partial charge in [-0.3, -0.25) is 0 Å². The van der Waals surface area contributed by atoms with Crippen LogP contribution in [-0.4, -0.2) is 26.8 Å². The standard InChI is InChI=1S/C14H26O3/c1-2-6-13(5-1)9-15-11-17-12-16-10-14-7-3-4-8-14/h13-14H,1-12H2. The molecule has 2 saturated carbocycles. The maximum Gasteiger partial charge on any atom is 0.149 e. The Morgan fingerprint density at radius 3 is 1.41 bits per heavy atom. The summed E-state index contributed by atoms with van der Waals surface area (Å²) in [4.78, 5) is 0. The Hall–Kier alpha value is -0.120. The third-order valence-electron chi connectivity index (χ3n) is 3.99. The van der Waals surface area contributed by atoms with Gasteiger partial charge in [0.05, 0.1) is 13.2 Å². The van der Waals surface area contributed by atoms with E-state index in [2.05, 4.69) is 0 Å². The van der Waals surface area contributed by atoms with Crippen LogP contribution in [0.2, 0.25) is 0 Å². The number of rotatable bonds is 8. The van der Waals surface area contributed by atoms with Crippen LogP contribution < -0.4 is 0 Å². The highest BCUT2D eigenvalue weighted by atomic mass is 16.7. The van der Waals surface area contributed by atoms with E-state index in [1.165, 1.54) is 51.4 Å². The highest BCUT2D eigenvalue weighted by molar-refractivity contribution is 4.66. The van der Waals surface area contributed by atoms with Crippen molar-refractivity contribution in [2.45, 2.75) is 51.4 Å². The first-order valence-electron chi connectivity index (χ1n) is 7.18. The predicted molar refractivity (Wildman–Crippen MR) is 66.6 cm³/mol. The van der Waals surface area contributed by atoms with Gasteiger partial charge in [-0.2, -0.15) is 0 Å². The van der Waals surface area contributed by atoms with Crippen LogP contribution in [0.1, 0.15) is 51.4 Å². The lowest BCUT2D eigenvalue weighted by Crippen LogP contribution is -2.12. The second-order valence-electron chi connectivity index (χ2n) is 5.48. The molecule has 0 aromatic carbocycles. The van der Waals surface area contributed by atoms with Crippen LogP contribution in [0.4, 0.5) is 0 Å². The first-order chi connectivity index (χ1) is 8.45. The molecular formula is C14H26O3. The van der Waals surface area contributed by atoms with Crippen molar-refractivity contribution < 1.29 is 14.2 Å². The fourth-order valence-corrected chi connectivity index (χ4v) is 2.94. The molecular weight excluding hydrogens is 216 g/mol. The molecule has 0 radical (unpaired) electrons. The van der Waals surface area contributed by atoms with Gasteiger partial charge in [-0.05, 0) is 37.5 Å². The average Bonchev–Trinajstić information content (AvgIpc) is 3.00. The zero-order valence-corrected chi connectivity index (χ0v) is 10.9. The summed E-state index contributed by atoms with van der Waals surface area (Å²) in [5.74, 6) is 1.55. The fourth-order valence-electron chi connectivity index (χ4n) is 2.94. The normalized spacial score (nSPS) is 22.6. The molecule has 0 amide bonds. The second kappa shape index (κ2) is 8.06. The fraction of sp³-hybridized carbons (Fsp3) is 1.00. The van der Waals surface area contributed by atoms with Crippen molar-refractivity contribution in [3.8, 4) is 0 Å². The van der Waals surface area contributed by atoms with Crippen LogP contribution in [-0.2, 0) is 14.2 Å². The van der Waals surface area contributed by atoms with Crippen LogP contribution in [0.15, 0.2) is 0 Å². The average molecular weight is 242 g/mol. The zero-order chi connectivity index (χ0) is 11.8. The minimum absolute atomic E-state index is 0.390. The predicted octanol–water partition coefficient (Wildman–Crippen LogP) is 3.33. The summed E-state index contributed by atoms with van der Waals surface area (Å²) in [6.07, 6.45) is 10.8. The van der Waals surface area contributed by atoms with Gasteiger partial charge in [0.25, 0.3) is 0 Å². The Kier molecular flexibility index (Phi) is 6.32. The summed E-state index contributed by atoms with van der Waals surface area (Å²) in [5, 5.41) is 0. The third kappa shape index (κ3) is 5.36. The minimum atomic E-state index is 0.390. The van der Waals surface area contributed by atoms with Crippen molar-refractivity contribution in [1.82, 2.24) is 0 Å². The zero-order valence-electron chi connectivity index (χ0n) is 10.9. The van der Waals surface area contributed by atoms with Gasteiger partial charge in [-0.25, -0.2) is 0 Å². The maximum atomic E-state index is 5.49. The quantitative estimate of drug-likeness (QED) is 0.482. The van der Waals surface area contributed by atoms with E-state index < -0.39 is 0 Å². The topological polar surface area (TPSA) is 27.7 Å². The Bertz CT molecular complexity index is 164. The minimum Gasteiger partial charge on any atom is -0.355 e. The molecule has 0 atom stereocenters. The van der Waals surface area contributed by atoms with Gasteiger partial charge < -0.3 is 14.2 Å². The maximum absolute atomic E-state index is 5.49. The summed E-state index contributed by atoms with van der Waals surface area (Å²) in [7, 11) is 0. The summed E-state index contributed by atoms with van der Waals surface area (Å²) in [6, 6.07) is 0. The van der Waals surface area contributed by atoms with Crippen LogP contribution in [0.3, 0.4) is 0 Å². The summed E-state index contributed by atoms with van der Waals surface area (Å²) >= 11 is 0. The smallest absolute Gasteiger partial charge is 0.149 e. The first kappa shape index (κ1) is 13.3. The van der Waals surface area contributed by atoms with E-state index in [1.807, 2.05) is 0 Å². The number of hydrogen-bond donors (Lipinski definition) is 0. The molecule has 3 heteroatoms. The van der Waals surface area contributed by atoms with Gasteiger partial charge in [0.15, 0.2) is 0 Å². The van der Waals surface area contributed by atoms with Gasteiger partial charge in [-0.15, -0.1) is 0 Å². The van der Waals surface area contributed by atoms with Gasteiger partial charge in [0.1, 0.15) is 13.6 Å². The second-order valence-corrected chi connectivity index (χ2v) is 5.48. The van der Waals surface area contributed by atoms with Gasteiger partial charge in [-0.1, -0.05) is 25.7 Å². The van der Waals surface area contributed by atoms with E-state index in [-0.39, 0.29) is 0 Å². The highest BCUT2D eigenvalue weighted by Crippen LogP contribution is 2.25. The molecule has 100 valence electrons. The number of hydrogen-bond acceptors (Lipinski definition) is 3. The highest BCUT2D eigenvalue weighted by Gasteiger charge is 2.15. The number of ether oxygens (including phenoxy) is 3. The monoisotopic (exact) mass is 242 g/mol. The molecule has 0 unspecified atom stereocenters. The molecule has 2 aliphatic rings. The molecule has 2 rings (SSSR count). The van der Waals surface area contributed by atoms with E-state index in [1.54, 1.807) is 0 Å². The lowest BCUT2D eigenvalue weighted by atomic mass is 10.1. The lowest BCUT2D eigenvalue weighted by Gasteiger charge is -2.12. The Morgan fingerprint density at radius 1 is 0.588 bits per heavy atom. The van der Waals surface area contributed by atoms with Crippen molar-refractivity contribution in [3.63, 3.8) is 0 Å². The molecule has 2 fully saturated rings. The van der Waals surface area contributed by atoms with Crippen molar-refractivity contribution in [2.24, 2.45) is 11.8 Å². The Balaban J connectivity index is 1.33. The largest absolute Gasteiger partial charge is 0.355 e. The summed E-state index contributed by atoms with van der Waals surface area (Å²) in [6.45, 7) is 2.51. The van der Waals surface area contributed by atoms with Crippen molar-refractivity contribution in [1.29, 1.82) is 0 Å². The molecule has 0 spiro atoms. The van der Waals surface area contributed by atoms with Crippen LogP contribution in [0.5, 0.6) is 0 Å². The van der Waals surface area contributed by atoms with E-state index in [9.17, 15) is 0 Å². The SMILES string of the molecule is C1CCC(COCOCOCC2CCCC2)C1. The summed E-state index contributed by atoms with van der Waals surface area (Å²) < 4.78 is 16.3. The van der Waals surface area contributed by atoms with E-state index in [0.29, 0.717) is 13.6 Å². The third-order valence-corrected chi connectivity index (χ3v) is 3.99. The molecule has 0 bridgehead atoms. The van der Waals surface area contributed by atoms with E-state index in [4.69, 9.17) is 14.2 Å². The van der Waals surface area contributed by atoms with Gasteiger partial charge in [0.2, 0.25) is 0 Å². The van der Waals surface area contributed by atoms with E-state index >= 15 is 0 Å². The van der Waals surface area contributed by atoms with Crippen molar-refractivity contribution in [3.05, 3.63) is 0 Å². The molecule has 0 heterocycles. The molecule has 0 N–H and O–H groups in total. The lowest BCUT2D eigenvalue weighted by molar-refractivity contribution is -0.139. The molecule has 0 aliphatic heterocycles. The molecule has 0 aromatic rings. The van der Waals surface area contributed by atoms with Crippen molar-refractivity contribution in [2.75, 3.05) is 26.8 Å². The van der Waals surface area contributed by atoms with Crippen LogP contribution >= 0.6 is 0 Å². The summed E-state index contributed by atoms with van der Waals surface area (Å²) in [5.41, 5.74) is 0. The van der Waals surface area contributed by atoms with E-state index in [0.717, 1.165) is 25.0 Å². The first-order valence-corrected chi connectivity index (χ1v) is 7.18. The molecule has 0 saturated heterocycles. The Morgan fingerprint density at radius 2 is 1.00 bits per heavy atom. The van der Waals surface area contributed by atoms with Gasteiger partial charge >= 0.3 is 0 Å². The van der Waals surface area contributed by atoms with Gasteiger partial charge in [0, 0.05) is 0 Å². The molecule has 3 nitrogen and oxygen atoms in total. The van der Waals surface area contributed by atoms with Crippen LogP contribution in [0.25, 0.3) is 0 Å². The van der Waals surface area contributed by atoms with Crippen molar-refractivity contribution >= 4 is 0 Å². The molecule has 0 aromatic heterocycles. The molecule has 2 aliphatic carbocycles.